The maximum atomic E-state index is 10.6. The third-order valence-electron chi connectivity index (χ3n) is 1.50. The summed E-state index contributed by atoms with van der Waals surface area (Å²) < 4.78 is 23.4. The Hall–Kier alpha value is -0.580. The summed E-state index contributed by atoms with van der Waals surface area (Å²) >= 11 is 0. The van der Waals surface area contributed by atoms with Crippen molar-refractivity contribution in [3.8, 4) is 0 Å². The number of hydrogen-bond donors (Lipinski definition) is 1. The molecule has 0 aromatic rings. The largest absolute Gasteiger partial charge is 0.508 e. The minimum absolute atomic E-state index is 0.0910. The van der Waals surface area contributed by atoms with Crippen LogP contribution in [0.15, 0.2) is 0 Å². The summed E-state index contributed by atoms with van der Waals surface area (Å²) in [5, 5.41) is 0. The van der Waals surface area contributed by atoms with E-state index >= 15 is 0 Å². The predicted molar refractivity (Wildman–Crippen MR) is 65.3 cm³/mol. The molecule has 6 nitrogen and oxygen atoms in total. The molecule has 0 spiro atoms. The molecule has 0 aromatic heterocycles. The van der Waals surface area contributed by atoms with E-state index in [4.69, 9.17) is 4.89 Å². The molecule has 0 aliphatic rings. The fourth-order valence-corrected chi connectivity index (χ4v) is 0.852. The molecule has 1 unspecified atom stereocenters. The highest BCUT2D eigenvalue weighted by atomic mass is 31.1. The van der Waals surface area contributed by atoms with Gasteiger partial charge in [0.2, 0.25) is 0 Å². The van der Waals surface area contributed by atoms with Crippen LogP contribution >= 0.6 is 8.25 Å². The van der Waals surface area contributed by atoms with E-state index in [2.05, 4.69) is 27.8 Å². The summed E-state index contributed by atoms with van der Waals surface area (Å²) in [4.78, 5) is 18.8. The topological polar surface area (TPSA) is 82.1 Å². The number of hydrogen-bond acceptors (Lipinski definition) is 5. The molecule has 17 heavy (non-hydrogen) atoms. The summed E-state index contributed by atoms with van der Waals surface area (Å²) in [7, 11) is -2.87. The Morgan fingerprint density at radius 1 is 1.12 bits per heavy atom. The predicted octanol–water partition coefficient (Wildman–Crippen LogP) is 2.75. The van der Waals surface area contributed by atoms with Gasteiger partial charge in [-0.3, -0.25) is 4.57 Å². The number of carbonyl (C=O) groups is 1. The first-order valence-corrected chi connectivity index (χ1v) is 7.00. The van der Waals surface area contributed by atoms with Crippen molar-refractivity contribution in [2.75, 3.05) is 19.8 Å². The van der Waals surface area contributed by atoms with Gasteiger partial charge in [0.15, 0.2) is 0 Å². The number of carbonyl (C=O) groups excluding carboxylic acids is 1. The van der Waals surface area contributed by atoms with E-state index in [1.165, 1.54) is 12.8 Å². The second-order valence-electron chi connectivity index (χ2n) is 3.00. The van der Waals surface area contributed by atoms with Gasteiger partial charge in [-0.15, -0.1) is 0 Å². The molecule has 0 saturated carbocycles. The van der Waals surface area contributed by atoms with Crippen LogP contribution in [0.1, 0.15) is 40.0 Å². The highest BCUT2D eigenvalue weighted by Gasteiger charge is 2.01. The standard InChI is InChI=1S/C6H13O6P.C4H10/c1-2-10-6(7)11-4-3-5-12-13(8)9;1-3-4-2/h13H,2-5H2,1H3,(H,8,9);3-4H2,1-2H3. The molecule has 0 bridgehead atoms. The Morgan fingerprint density at radius 3 is 2.12 bits per heavy atom. The van der Waals surface area contributed by atoms with Crippen molar-refractivity contribution in [3.63, 3.8) is 0 Å². The van der Waals surface area contributed by atoms with Crippen molar-refractivity contribution < 1.29 is 28.3 Å². The summed E-state index contributed by atoms with van der Waals surface area (Å²) in [6, 6.07) is 0. The SMILES string of the molecule is CCCC.CCOC(=O)OCCCO[PH](=O)O. The van der Waals surface area contributed by atoms with Crippen LogP contribution in [0.3, 0.4) is 0 Å². The van der Waals surface area contributed by atoms with Gasteiger partial charge in [-0.1, -0.05) is 26.7 Å². The van der Waals surface area contributed by atoms with Gasteiger partial charge in [0.1, 0.15) is 0 Å². The van der Waals surface area contributed by atoms with Gasteiger partial charge in [-0.05, 0) is 6.92 Å². The Balaban J connectivity index is 0. The van der Waals surface area contributed by atoms with Crippen molar-refractivity contribution in [2.24, 2.45) is 0 Å². The van der Waals surface area contributed by atoms with Crippen LogP contribution in [-0.4, -0.2) is 30.9 Å². The van der Waals surface area contributed by atoms with E-state index in [-0.39, 0.29) is 19.8 Å². The van der Waals surface area contributed by atoms with Gasteiger partial charge in [0.05, 0.1) is 19.8 Å². The third-order valence-corrected chi connectivity index (χ3v) is 1.95. The van der Waals surface area contributed by atoms with Gasteiger partial charge < -0.3 is 18.9 Å². The first-order valence-electron chi connectivity index (χ1n) is 5.73. The zero-order valence-corrected chi connectivity index (χ0v) is 11.7. The second-order valence-corrected chi connectivity index (χ2v) is 3.82. The summed E-state index contributed by atoms with van der Waals surface area (Å²) in [6.45, 7) is 6.50. The van der Waals surface area contributed by atoms with E-state index in [0.29, 0.717) is 6.42 Å². The van der Waals surface area contributed by atoms with Gasteiger partial charge in [-0.25, -0.2) is 4.79 Å². The van der Waals surface area contributed by atoms with Gasteiger partial charge in [0.25, 0.3) is 0 Å². The molecule has 0 aromatic carbocycles. The molecule has 0 amide bonds. The Morgan fingerprint density at radius 2 is 1.71 bits per heavy atom. The molecular weight excluding hydrogens is 247 g/mol. The molecule has 0 aliphatic heterocycles. The molecule has 104 valence electrons. The molecule has 1 atom stereocenters. The maximum absolute atomic E-state index is 10.6. The van der Waals surface area contributed by atoms with Crippen LogP contribution in [0.4, 0.5) is 4.79 Å². The second kappa shape index (κ2) is 15.4. The molecule has 0 radical (unpaired) electrons. The third kappa shape index (κ3) is 21.3. The average molecular weight is 270 g/mol. The van der Waals surface area contributed by atoms with E-state index in [0.717, 1.165) is 0 Å². The van der Waals surface area contributed by atoms with Crippen LogP contribution in [0, 0.1) is 0 Å². The molecule has 0 rings (SSSR count). The fourth-order valence-electron chi connectivity index (χ4n) is 0.533. The Kier molecular flexibility index (Phi) is 17.0. The van der Waals surface area contributed by atoms with E-state index in [1.807, 2.05) is 0 Å². The fraction of sp³-hybridized carbons (Fsp3) is 0.900. The highest BCUT2D eigenvalue weighted by molar-refractivity contribution is 7.32. The minimum Gasteiger partial charge on any atom is -0.435 e. The van der Waals surface area contributed by atoms with Gasteiger partial charge in [-0.2, -0.15) is 0 Å². The lowest BCUT2D eigenvalue weighted by molar-refractivity contribution is 0.0556. The van der Waals surface area contributed by atoms with Crippen LogP contribution in [0.2, 0.25) is 0 Å². The Labute approximate surface area is 103 Å². The van der Waals surface area contributed by atoms with Crippen LogP contribution in [-0.2, 0) is 18.6 Å². The van der Waals surface area contributed by atoms with E-state index in [9.17, 15) is 9.36 Å². The average Bonchev–Trinajstić information content (AvgIpc) is 2.29. The first-order chi connectivity index (χ1) is 8.08. The summed E-state index contributed by atoms with van der Waals surface area (Å²) in [6.07, 6.45) is 2.27. The minimum atomic E-state index is -2.87. The quantitative estimate of drug-likeness (QED) is 0.435. The van der Waals surface area contributed by atoms with Crippen LogP contribution in [0.25, 0.3) is 0 Å². The van der Waals surface area contributed by atoms with Crippen LogP contribution < -0.4 is 0 Å². The van der Waals surface area contributed by atoms with Gasteiger partial charge >= 0.3 is 14.4 Å². The highest BCUT2D eigenvalue weighted by Crippen LogP contribution is 2.13. The summed E-state index contributed by atoms with van der Waals surface area (Å²) in [5.41, 5.74) is 0. The first kappa shape index (κ1) is 18.8. The number of rotatable bonds is 7. The lowest BCUT2D eigenvalue weighted by Crippen LogP contribution is -2.08. The lowest BCUT2D eigenvalue weighted by atomic mass is 10.4. The van der Waals surface area contributed by atoms with Crippen molar-refractivity contribution in [3.05, 3.63) is 0 Å². The molecule has 7 heteroatoms. The smallest absolute Gasteiger partial charge is 0.435 e. The summed E-state index contributed by atoms with van der Waals surface area (Å²) in [5.74, 6) is 0. The zero-order valence-electron chi connectivity index (χ0n) is 10.7. The molecule has 0 heterocycles. The normalized spacial score (nSPS) is 11.1. The molecule has 0 aliphatic carbocycles. The van der Waals surface area contributed by atoms with Crippen molar-refractivity contribution in [2.45, 2.75) is 40.0 Å². The molecule has 0 saturated heterocycles. The van der Waals surface area contributed by atoms with Gasteiger partial charge in [0, 0.05) is 6.42 Å². The van der Waals surface area contributed by atoms with Crippen LogP contribution in [0.5, 0.6) is 0 Å². The lowest BCUT2D eigenvalue weighted by Gasteiger charge is -2.03. The molecular formula is C10H23O6P. The molecule has 1 N–H and O–H groups in total. The zero-order chi connectivity index (χ0) is 13.5. The monoisotopic (exact) mass is 270 g/mol. The maximum Gasteiger partial charge on any atom is 0.508 e. The number of ether oxygens (including phenoxy) is 2. The van der Waals surface area contributed by atoms with E-state index < -0.39 is 14.4 Å². The van der Waals surface area contributed by atoms with E-state index in [1.54, 1.807) is 6.92 Å². The van der Waals surface area contributed by atoms with Crippen molar-refractivity contribution in [1.82, 2.24) is 0 Å². The van der Waals surface area contributed by atoms with Crippen molar-refractivity contribution >= 4 is 14.4 Å². The Bertz CT molecular complexity index is 195. The van der Waals surface area contributed by atoms with Crippen molar-refractivity contribution in [1.29, 1.82) is 0 Å². The molecule has 0 fully saturated rings. The number of unbranched alkanes of at least 4 members (excludes halogenated alkanes) is 1.